The average Bonchev–Trinajstić information content (AvgIpc) is 2.67. The van der Waals surface area contributed by atoms with Crippen LogP contribution >= 0.6 is 0 Å². The Labute approximate surface area is 153 Å². The molecule has 2 aromatic rings. The highest BCUT2D eigenvalue weighted by atomic mass is 19.1. The zero-order chi connectivity index (χ0) is 19.1. The number of esters is 1. The zero-order valence-electron chi connectivity index (χ0n) is 15.4. The summed E-state index contributed by atoms with van der Waals surface area (Å²) in [6, 6.07) is 13.9. The number of hydrogen-bond donors (Lipinski definition) is 0. The molecule has 0 radical (unpaired) electrons. The Morgan fingerprint density at radius 2 is 1.73 bits per heavy atom. The van der Waals surface area contributed by atoms with Crippen molar-refractivity contribution in [1.29, 1.82) is 0 Å². The molecule has 138 valence electrons. The average molecular weight is 357 g/mol. The van der Waals surface area contributed by atoms with Gasteiger partial charge in [0.15, 0.2) is 6.61 Å². The first-order valence-electron chi connectivity index (χ1n) is 8.77. The molecule has 26 heavy (non-hydrogen) atoms. The first-order valence-corrected chi connectivity index (χ1v) is 8.77. The number of benzene rings is 2. The highest BCUT2D eigenvalue weighted by molar-refractivity contribution is 5.83. The monoisotopic (exact) mass is 357 g/mol. The SMILES string of the molecule is CCN(CC)C(=O)COC(=O)[C@@H](C)c1ccc(-c2ccccc2)c(F)c1. The molecule has 0 saturated carbocycles. The maximum atomic E-state index is 14.5. The zero-order valence-corrected chi connectivity index (χ0v) is 15.4. The number of likely N-dealkylation sites (N-methyl/N-ethyl adjacent to an activating group) is 1. The molecule has 0 aliphatic carbocycles. The Bertz CT molecular complexity index is 757. The molecule has 0 saturated heterocycles. The van der Waals surface area contributed by atoms with Gasteiger partial charge in [-0.25, -0.2) is 4.39 Å². The summed E-state index contributed by atoms with van der Waals surface area (Å²) in [5.41, 5.74) is 1.77. The Balaban J connectivity index is 2.05. The second-order valence-corrected chi connectivity index (χ2v) is 6.00. The van der Waals surface area contributed by atoms with Gasteiger partial charge in [-0.2, -0.15) is 0 Å². The lowest BCUT2D eigenvalue weighted by Crippen LogP contribution is -2.34. The topological polar surface area (TPSA) is 46.6 Å². The number of halogens is 1. The Morgan fingerprint density at radius 3 is 2.31 bits per heavy atom. The highest BCUT2D eigenvalue weighted by Gasteiger charge is 2.20. The maximum Gasteiger partial charge on any atom is 0.313 e. The fourth-order valence-electron chi connectivity index (χ4n) is 2.71. The van der Waals surface area contributed by atoms with Crippen molar-refractivity contribution >= 4 is 11.9 Å². The summed E-state index contributed by atoms with van der Waals surface area (Å²) in [6.07, 6.45) is 0. The lowest BCUT2D eigenvalue weighted by molar-refractivity contribution is -0.152. The molecular formula is C21H24FNO3. The maximum absolute atomic E-state index is 14.5. The van der Waals surface area contributed by atoms with Gasteiger partial charge < -0.3 is 9.64 Å². The normalized spacial score (nSPS) is 11.7. The lowest BCUT2D eigenvalue weighted by Gasteiger charge is -2.19. The molecule has 0 spiro atoms. The van der Waals surface area contributed by atoms with E-state index in [2.05, 4.69) is 0 Å². The molecule has 2 aromatic carbocycles. The fraction of sp³-hybridized carbons (Fsp3) is 0.333. The van der Waals surface area contributed by atoms with Crippen LogP contribution in [0.3, 0.4) is 0 Å². The van der Waals surface area contributed by atoms with E-state index in [1.54, 1.807) is 24.0 Å². The minimum Gasteiger partial charge on any atom is -0.455 e. The van der Waals surface area contributed by atoms with E-state index in [1.807, 2.05) is 44.2 Å². The van der Waals surface area contributed by atoms with Gasteiger partial charge in [0.05, 0.1) is 5.92 Å². The van der Waals surface area contributed by atoms with Crippen LogP contribution in [0.1, 0.15) is 32.3 Å². The fourth-order valence-corrected chi connectivity index (χ4v) is 2.71. The van der Waals surface area contributed by atoms with Crippen LogP contribution in [0, 0.1) is 5.82 Å². The molecule has 0 N–H and O–H groups in total. The number of nitrogens with zero attached hydrogens (tertiary/aromatic N) is 1. The van der Waals surface area contributed by atoms with Gasteiger partial charge >= 0.3 is 5.97 Å². The quantitative estimate of drug-likeness (QED) is 0.704. The molecule has 5 heteroatoms. The molecule has 0 unspecified atom stereocenters. The molecular weight excluding hydrogens is 333 g/mol. The van der Waals surface area contributed by atoms with Crippen LogP contribution in [-0.2, 0) is 14.3 Å². The Hall–Kier alpha value is -2.69. The van der Waals surface area contributed by atoms with Crippen molar-refractivity contribution in [1.82, 2.24) is 4.90 Å². The summed E-state index contributed by atoms with van der Waals surface area (Å²) in [5, 5.41) is 0. The van der Waals surface area contributed by atoms with E-state index < -0.39 is 17.7 Å². The molecule has 1 atom stereocenters. The molecule has 4 nitrogen and oxygen atoms in total. The van der Waals surface area contributed by atoms with Gasteiger partial charge in [0, 0.05) is 18.7 Å². The summed E-state index contributed by atoms with van der Waals surface area (Å²) in [5.74, 6) is -1.83. The number of carbonyl (C=O) groups excluding carboxylic acids is 2. The molecule has 0 aliphatic heterocycles. The Morgan fingerprint density at radius 1 is 1.08 bits per heavy atom. The third kappa shape index (κ3) is 4.69. The molecule has 2 rings (SSSR count). The van der Waals surface area contributed by atoms with Crippen molar-refractivity contribution in [2.45, 2.75) is 26.7 Å². The smallest absolute Gasteiger partial charge is 0.313 e. The third-order valence-electron chi connectivity index (χ3n) is 4.39. The number of amides is 1. The number of hydrogen-bond acceptors (Lipinski definition) is 3. The van der Waals surface area contributed by atoms with Crippen molar-refractivity contribution in [3.05, 3.63) is 59.9 Å². The first-order chi connectivity index (χ1) is 12.5. The number of ether oxygens (including phenoxy) is 1. The predicted molar refractivity (Wildman–Crippen MR) is 99.1 cm³/mol. The number of rotatable bonds is 7. The van der Waals surface area contributed by atoms with Crippen LogP contribution in [0.25, 0.3) is 11.1 Å². The second-order valence-electron chi connectivity index (χ2n) is 6.00. The molecule has 0 heterocycles. The van der Waals surface area contributed by atoms with Crippen LogP contribution in [-0.4, -0.2) is 36.5 Å². The van der Waals surface area contributed by atoms with Crippen molar-refractivity contribution < 1.29 is 18.7 Å². The summed E-state index contributed by atoms with van der Waals surface area (Å²) in [7, 11) is 0. The van der Waals surface area contributed by atoms with Crippen LogP contribution < -0.4 is 0 Å². The predicted octanol–water partition coefficient (Wildman–Crippen LogP) is 4.01. The first kappa shape index (κ1) is 19.6. The van der Waals surface area contributed by atoms with E-state index in [9.17, 15) is 14.0 Å². The van der Waals surface area contributed by atoms with Gasteiger partial charge in [0.2, 0.25) is 0 Å². The van der Waals surface area contributed by atoms with Crippen molar-refractivity contribution in [2.24, 2.45) is 0 Å². The third-order valence-corrected chi connectivity index (χ3v) is 4.39. The van der Waals surface area contributed by atoms with Crippen LogP contribution in [0.4, 0.5) is 4.39 Å². The van der Waals surface area contributed by atoms with Gasteiger partial charge in [0.1, 0.15) is 5.82 Å². The summed E-state index contributed by atoms with van der Waals surface area (Å²) >= 11 is 0. The molecule has 0 aromatic heterocycles. The largest absolute Gasteiger partial charge is 0.455 e. The van der Waals surface area contributed by atoms with Crippen molar-refractivity contribution in [3.63, 3.8) is 0 Å². The molecule has 1 amide bonds. The van der Waals surface area contributed by atoms with Gasteiger partial charge in [-0.1, -0.05) is 42.5 Å². The van der Waals surface area contributed by atoms with Gasteiger partial charge in [-0.15, -0.1) is 0 Å². The van der Waals surface area contributed by atoms with E-state index in [1.165, 1.54) is 6.07 Å². The van der Waals surface area contributed by atoms with Crippen LogP contribution in [0.5, 0.6) is 0 Å². The van der Waals surface area contributed by atoms with Gasteiger partial charge in [-0.3, -0.25) is 9.59 Å². The second kappa shape index (κ2) is 9.13. The Kier molecular flexibility index (Phi) is 6.89. The van der Waals surface area contributed by atoms with E-state index in [0.717, 1.165) is 5.56 Å². The van der Waals surface area contributed by atoms with Gasteiger partial charge in [0.25, 0.3) is 5.91 Å². The highest BCUT2D eigenvalue weighted by Crippen LogP contribution is 2.26. The van der Waals surface area contributed by atoms with Crippen molar-refractivity contribution in [3.8, 4) is 11.1 Å². The van der Waals surface area contributed by atoms with E-state index in [-0.39, 0.29) is 12.5 Å². The molecule has 0 fully saturated rings. The lowest BCUT2D eigenvalue weighted by atomic mass is 9.97. The number of carbonyl (C=O) groups is 2. The molecule has 0 bridgehead atoms. The minimum absolute atomic E-state index is 0.235. The van der Waals surface area contributed by atoms with Crippen LogP contribution in [0.15, 0.2) is 48.5 Å². The minimum atomic E-state index is -0.654. The summed E-state index contributed by atoms with van der Waals surface area (Å²) in [4.78, 5) is 25.7. The summed E-state index contributed by atoms with van der Waals surface area (Å²) in [6.45, 7) is 6.20. The van der Waals surface area contributed by atoms with Crippen LogP contribution in [0.2, 0.25) is 0 Å². The standard InChI is InChI=1S/C21H24FNO3/c1-4-23(5-2)20(24)14-26-21(25)15(3)17-11-12-18(19(22)13-17)16-9-7-6-8-10-16/h6-13,15H,4-5,14H2,1-3H3/t15-/m0/s1. The van der Waals surface area contributed by atoms with Gasteiger partial charge in [-0.05, 0) is 38.0 Å². The summed E-state index contributed by atoms with van der Waals surface area (Å²) < 4.78 is 19.6. The van der Waals surface area contributed by atoms with E-state index in [0.29, 0.717) is 24.2 Å². The van der Waals surface area contributed by atoms with Crippen molar-refractivity contribution in [2.75, 3.05) is 19.7 Å². The molecule has 0 aliphatic rings. The van der Waals surface area contributed by atoms with E-state index in [4.69, 9.17) is 4.74 Å². The van der Waals surface area contributed by atoms with E-state index >= 15 is 0 Å².